The summed E-state index contributed by atoms with van der Waals surface area (Å²) in [5, 5.41) is 0. The molecule has 0 bridgehead atoms. The molecule has 0 saturated carbocycles. The molecule has 118 valence electrons. The van der Waals surface area contributed by atoms with E-state index in [1.54, 1.807) is 16.7 Å². The number of carbonyl (C=O) groups is 3. The van der Waals surface area contributed by atoms with Crippen LogP contribution >= 0.6 is 0 Å². The topological polar surface area (TPSA) is 66.9 Å². The van der Waals surface area contributed by atoms with Gasteiger partial charge in [0.2, 0.25) is 11.8 Å². The van der Waals surface area contributed by atoms with Crippen molar-refractivity contribution in [1.29, 1.82) is 0 Å². The predicted molar refractivity (Wildman–Crippen MR) is 76.3 cm³/mol. The fourth-order valence-electron chi connectivity index (χ4n) is 3.24. The quantitative estimate of drug-likeness (QED) is 0.702. The van der Waals surface area contributed by atoms with E-state index in [0.29, 0.717) is 19.6 Å². The number of rotatable bonds is 2. The molecule has 0 unspecified atom stereocenters. The lowest BCUT2D eigenvalue weighted by Crippen LogP contribution is -2.48. The van der Waals surface area contributed by atoms with Gasteiger partial charge in [-0.25, -0.2) is 0 Å². The Balaban J connectivity index is 1.88. The highest BCUT2D eigenvalue weighted by Crippen LogP contribution is 2.24. The number of ether oxygens (including phenoxy) is 1. The highest BCUT2D eigenvalue weighted by molar-refractivity contribution is 5.81. The van der Waals surface area contributed by atoms with Gasteiger partial charge in [-0.3, -0.25) is 14.4 Å². The molecule has 2 aliphatic rings. The standard InChI is InChI=1S/C15H24N2O4/c1-11(18)16-8-5-12(6-9-16)14(19)17-7-3-4-13(10-17)15(20)21-2/h12-13H,3-10H2,1-2H3/t13-/m0/s1. The van der Waals surface area contributed by atoms with Crippen LogP contribution in [-0.2, 0) is 19.1 Å². The Kier molecular flexibility index (Phi) is 5.20. The van der Waals surface area contributed by atoms with E-state index < -0.39 is 0 Å². The number of piperidine rings is 2. The van der Waals surface area contributed by atoms with E-state index >= 15 is 0 Å². The van der Waals surface area contributed by atoms with Crippen molar-refractivity contribution in [3.8, 4) is 0 Å². The number of methoxy groups -OCH3 is 1. The molecule has 0 N–H and O–H groups in total. The fraction of sp³-hybridized carbons (Fsp3) is 0.800. The third kappa shape index (κ3) is 3.74. The molecule has 0 aromatic rings. The van der Waals surface area contributed by atoms with E-state index in [9.17, 15) is 14.4 Å². The summed E-state index contributed by atoms with van der Waals surface area (Å²) in [7, 11) is 1.39. The van der Waals surface area contributed by atoms with Crippen molar-refractivity contribution in [2.45, 2.75) is 32.6 Å². The third-order valence-corrected chi connectivity index (χ3v) is 4.56. The molecule has 1 atom stereocenters. The lowest BCUT2D eigenvalue weighted by atomic mass is 9.92. The van der Waals surface area contributed by atoms with Crippen LogP contribution in [0.4, 0.5) is 0 Å². The average molecular weight is 296 g/mol. The van der Waals surface area contributed by atoms with Crippen LogP contribution in [0.2, 0.25) is 0 Å². The molecule has 0 spiro atoms. The zero-order valence-electron chi connectivity index (χ0n) is 12.8. The van der Waals surface area contributed by atoms with Crippen molar-refractivity contribution in [2.24, 2.45) is 11.8 Å². The van der Waals surface area contributed by atoms with Crippen LogP contribution in [0.1, 0.15) is 32.6 Å². The van der Waals surface area contributed by atoms with Gasteiger partial charge in [-0.2, -0.15) is 0 Å². The van der Waals surface area contributed by atoms with Crippen molar-refractivity contribution in [3.05, 3.63) is 0 Å². The van der Waals surface area contributed by atoms with Crippen LogP contribution in [0.25, 0.3) is 0 Å². The van der Waals surface area contributed by atoms with E-state index in [4.69, 9.17) is 4.74 Å². The molecule has 6 nitrogen and oxygen atoms in total. The van der Waals surface area contributed by atoms with E-state index in [2.05, 4.69) is 0 Å². The molecule has 0 radical (unpaired) electrons. The molecule has 6 heteroatoms. The summed E-state index contributed by atoms with van der Waals surface area (Å²) < 4.78 is 4.78. The van der Waals surface area contributed by atoms with Crippen molar-refractivity contribution < 1.29 is 19.1 Å². The number of hydrogen-bond acceptors (Lipinski definition) is 4. The Labute approximate surface area is 125 Å². The van der Waals surface area contributed by atoms with Gasteiger partial charge in [0, 0.05) is 39.0 Å². The van der Waals surface area contributed by atoms with E-state index in [0.717, 1.165) is 32.2 Å². The summed E-state index contributed by atoms with van der Waals surface area (Å²) in [5.74, 6) is -0.225. The summed E-state index contributed by atoms with van der Waals surface area (Å²) in [6.07, 6.45) is 3.08. The van der Waals surface area contributed by atoms with E-state index in [-0.39, 0.29) is 29.6 Å². The fourth-order valence-corrected chi connectivity index (χ4v) is 3.24. The lowest BCUT2D eigenvalue weighted by Gasteiger charge is -2.37. The smallest absolute Gasteiger partial charge is 0.310 e. The number of nitrogens with zero attached hydrogens (tertiary/aromatic N) is 2. The first kappa shape index (κ1) is 15.8. The Bertz CT molecular complexity index is 416. The Morgan fingerprint density at radius 2 is 1.62 bits per heavy atom. The highest BCUT2D eigenvalue weighted by atomic mass is 16.5. The van der Waals surface area contributed by atoms with Gasteiger partial charge < -0.3 is 14.5 Å². The van der Waals surface area contributed by atoms with Gasteiger partial charge in [-0.15, -0.1) is 0 Å². The van der Waals surface area contributed by atoms with Gasteiger partial charge in [0.25, 0.3) is 0 Å². The van der Waals surface area contributed by atoms with E-state index in [1.165, 1.54) is 7.11 Å². The number of esters is 1. The minimum atomic E-state index is -0.223. The van der Waals surface area contributed by atoms with E-state index in [1.807, 2.05) is 0 Å². The summed E-state index contributed by atoms with van der Waals surface area (Å²) >= 11 is 0. The second-order valence-corrected chi connectivity index (χ2v) is 5.93. The Morgan fingerprint density at radius 3 is 2.19 bits per heavy atom. The molecular weight excluding hydrogens is 272 g/mol. The summed E-state index contributed by atoms with van der Waals surface area (Å²) in [6, 6.07) is 0. The number of carbonyl (C=O) groups excluding carboxylic acids is 3. The zero-order valence-corrected chi connectivity index (χ0v) is 12.8. The molecule has 0 aliphatic carbocycles. The zero-order chi connectivity index (χ0) is 15.4. The number of amides is 2. The average Bonchev–Trinajstić information content (AvgIpc) is 2.53. The molecule has 21 heavy (non-hydrogen) atoms. The molecule has 2 rings (SSSR count). The van der Waals surface area contributed by atoms with Gasteiger partial charge >= 0.3 is 5.97 Å². The van der Waals surface area contributed by atoms with Crippen molar-refractivity contribution >= 4 is 17.8 Å². The largest absolute Gasteiger partial charge is 0.469 e. The molecule has 2 amide bonds. The maximum atomic E-state index is 12.6. The van der Waals surface area contributed by atoms with Crippen LogP contribution in [0, 0.1) is 11.8 Å². The third-order valence-electron chi connectivity index (χ3n) is 4.56. The lowest BCUT2D eigenvalue weighted by molar-refractivity contribution is -0.150. The summed E-state index contributed by atoms with van der Waals surface area (Å²) in [5.41, 5.74) is 0. The molecule has 2 aliphatic heterocycles. The monoisotopic (exact) mass is 296 g/mol. The minimum Gasteiger partial charge on any atom is -0.469 e. The number of hydrogen-bond donors (Lipinski definition) is 0. The van der Waals surface area contributed by atoms with Crippen molar-refractivity contribution in [2.75, 3.05) is 33.3 Å². The molecule has 0 aromatic carbocycles. The van der Waals surface area contributed by atoms with Crippen LogP contribution in [-0.4, -0.2) is 60.9 Å². The minimum absolute atomic E-state index is 0.0167. The first-order valence-corrected chi connectivity index (χ1v) is 7.65. The summed E-state index contributed by atoms with van der Waals surface area (Å²) in [4.78, 5) is 39.1. The molecule has 2 fully saturated rings. The summed E-state index contributed by atoms with van der Waals surface area (Å²) in [6.45, 7) is 4.06. The van der Waals surface area contributed by atoms with Crippen LogP contribution in [0.5, 0.6) is 0 Å². The Hall–Kier alpha value is -1.59. The van der Waals surface area contributed by atoms with Crippen molar-refractivity contribution in [1.82, 2.24) is 9.80 Å². The van der Waals surface area contributed by atoms with Gasteiger partial charge in [0.05, 0.1) is 13.0 Å². The molecular formula is C15H24N2O4. The van der Waals surface area contributed by atoms with Gasteiger partial charge in [0.1, 0.15) is 0 Å². The van der Waals surface area contributed by atoms with Crippen LogP contribution in [0.15, 0.2) is 0 Å². The second-order valence-electron chi connectivity index (χ2n) is 5.93. The van der Waals surface area contributed by atoms with Gasteiger partial charge in [-0.05, 0) is 25.7 Å². The SMILES string of the molecule is COC(=O)[C@H]1CCCN(C(=O)C2CCN(C(C)=O)CC2)C1. The maximum absolute atomic E-state index is 12.6. The van der Waals surface area contributed by atoms with Gasteiger partial charge in [-0.1, -0.05) is 0 Å². The first-order valence-electron chi connectivity index (χ1n) is 7.65. The first-order chi connectivity index (χ1) is 10.0. The number of likely N-dealkylation sites (tertiary alicyclic amines) is 2. The predicted octanol–water partition coefficient (Wildman–Crippen LogP) is 0.656. The molecule has 0 aromatic heterocycles. The normalized spacial score (nSPS) is 23.8. The molecule has 2 heterocycles. The van der Waals surface area contributed by atoms with Crippen LogP contribution < -0.4 is 0 Å². The van der Waals surface area contributed by atoms with Crippen molar-refractivity contribution in [3.63, 3.8) is 0 Å². The highest BCUT2D eigenvalue weighted by Gasteiger charge is 2.34. The molecule has 2 saturated heterocycles. The van der Waals surface area contributed by atoms with Crippen LogP contribution in [0.3, 0.4) is 0 Å². The maximum Gasteiger partial charge on any atom is 0.310 e. The second kappa shape index (κ2) is 6.91. The van der Waals surface area contributed by atoms with Gasteiger partial charge in [0.15, 0.2) is 0 Å². The Morgan fingerprint density at radius 1 is 0.952 bits per heavy atom.